The zero-order valence-electron chi connectivity index (χ0n) is 23.2. The smallest absolute Gasteiger partial charge is 0.274 e. The van der Waals surface area contributed by atoms with Crippen molar-refractivity contribution in [3.63, 3.8) is 0 Å². The van der Waals surface area contributed by atoms with Gasteiger partial charge in [0.25, 0.3) is 5.91 Å². The van der Waals surface area contributed by atoms with Crippen molar-refractivity contribution in [1.29, 1.82) is 0 Å². The number of carbonyl (C=O) groups is 2. The second kappa shape index (κ2) is 10.4. The average Bonchev–Trinajstić information content (AvgIpc) is 3.40. The van der Waals surface area contributed by atoms with Crippen LogP contribution in [0.2, 0.25) is 0 Å². The molecule has 0 radical (unpaired) electrons. The van der Waals surface area contributed by atoms with Gasteiger partial charge in [-0.1, -0.05) is 25.1 Å². The molecule has 6 rings (SSSR count). The van der Waals surface area contributed by atoms with E-state index < -0.39 is 5.91 Å². The Kier molecular flexibility index (Phi) is 6.92. The number of aromatic nitrogens is 1. The van der Waals surface area contributed by atoms with Crippen LogP contribution in [0.1, 0.15) is 94.5 Å². The van der Waals surface area contributed by atoms with Crippen LogP contribution in [0.3, 0.4) is 0 Å². The van der Waals surface area contributed by atoms with Crippen LogP contribution in [0, 0.1) is 30.1 Å². The van der Waals surface area contributed by atoms with E-state index in [9.17, 15) is 9.59 Å². The Morgan fingerprint density at radius 3 is 2.50 bits per heavy atom. The van der Waals surface area contributed by atoms with Crippen LogP contribution in [-0.2, 0) is 6.42 Å². The van der Waals surface area contributed by atoms with E-state index in [4.69, 9.17) is 12.2 Å². The van der Waals surface area contributed by atoms with Crippen molar-refractivity contribution < 1.29 is 9.59 Å². The van der Waals surface area contributed by atoms with E-state index in [1.54, 1.807) is 11.4 Å². The summed E-state index contributed by atoms with van der Waals surface area (Å²) in [5, 5.41) is 6.10. The number of hydrogen-bond donors (Lipinski definition) is 2. The van der Waals surface area contributed by atoms with Gasteiger partial charge in [-0.2, -0.15) is 0 Å². The zero-order chi connectivity index (χ0) is 28.0. The summed E-state index contributed by atoms with van der Waals surface area (Å²) in [6.45, 7) is 5.28. The Morgan fingerprint density at radius 2 is 1.85 bits per heavy atom. The van der Waals surface area contributed by atoms with Gasteiger partial charge in [-0.15, -0.1) is 17.8 Å². The van der Waals surface area contributed by atoms with Gasteiger partial charge in [-0.25, -0.2) is 4.98 Å². The number of nitrogens with one attached hydrogen (secondary N) is 1. The molecule has 1 aliphatic heterocycles. The van der Waals surface area contributed by atoms with E-state index in [1.165, 1.54) is 43.4 Å². The standard InChI is InChI=1S/C33H36N4O2S/c1-4-29-35-28(19-40-29)32(39)37-12-11-24-16-25(31(34)38)7-10-27(24)30(37)23-5-8-26(9-6-23)36-33(3)17-21-13-20(2)14-22(15-21)18-33/h1,5-10,16,19-22,30,36H,11-15,17-18H2,2-3H3,(H2,34,38). The third-order valence-corrected chi connectivity index (χ3v) is 9.83. The molecule has 1 aromatic heterocycles. The number of nitrogens with two attached hydrogens (primary N) is 1. The first-order chi connectivity index (χ1) is 19.2. The number of amides is 2. The molecule has 2 amide bonds. The second-order valence-electron chi connectivity index (χ2n) is 12.4. The molecule has 40 heavy (non-hydrogen) atoms. The summed E-state index contributed by atoms with van der Waals surface area (Å²) in [5.74, 6) is 4.39. The van der Waals surface area contributed by atoms with Gasteiger partial charge in [0.15, 0.2) is 5.01 Å². The molecule has 2 aromatic carbocycles. The van der Waals surface area contributed by atoms with E-state index in [2.05, 4.69) is 54.3 Å². The predicted molar refractivity (Wildman–Crippen MR) is 159 cm³/mol. The SMILES string of the molecule is C#Cc1nc(C(=O)N2CCc3cc(C(N)=O)ccc3C2c2ccc(NC3(C)CC4CC(C)CC(C4)C3)cc2)cs1. The molecule has 6 nitrogen and oxygen atoms in total. The lowest BCUT2D eigenvalue weighted by Crippen LogP contribution is -2.45. The highest BCUT2D eigenvalue weighted by molar-refractivity contribution is 7.10. The third-order valence-electron chi connectivity index (χ3n) is 9.05. The van der Waals surface area contributed by atoms with Crippen molar-refractivity contribution in [2.45, 2.75) is 64.0 Å². The number of carbonyl (C=O) groups excluding carboxylic acids is 2. The number of nitrogens with zero attached hydrogens (tertiary/aromatic N) is 2. The van der Waals surface area contributed by atoms with Gasteiger partial charge >= 0.3 is 0 Å². The number of terminal acetylenes is 1. The lowest BCUT2D eigenvalue weighted by Gasteiger charge is -2.48. The molecule has 2 aliphatic carbocycles. The summed E-state index contributed by atoms with van der Waals surface area (Å²) in [4.78, 5) is 31.8. The Balaban J connectivity index is 1.30. The molecule has 2 saturated carbocycles. The Morgan fingerprint density at radius 1 is 1.12 bits per heavy atom. The highest BCUT2D eigenvalue weighted by Gasteiger charge is 2.41. The summed E-state index contributed by atoms with van der Waals surface area (Å²) >= 11 is 1.30. The fourth-order valence-electron chi connectivity index (χ4n) is 7.73. The lowest BCUT2D eigenvalue weighted by molar-refractivity contribution is 0.0688. The van der Waals surface area contributed by atoms with Gasteiger partial charge in [0.1, 0.15) is 5.69 Å². The molecule has 3 aromatic rings. The Hall–Kier alpha value is -3.63. The van der Waals surface area contributed by atoms with Gasteiger partial charge in [-0.05, 0) is 110 Å². The summed E-state index contributed by atoms with van der Waals surface area (Å²) in [6, 6.07) is 13.8. The molecule has 7 heteroatoms. The number of primary amides is 1. The number of rotatable bonds is 5. The molecule has 206 valence electrons. The maximum atomic E-state index is 13.7. The van der Waals surface area contributed by atoms with E-state index in [0.29, 0.717) is 29.2 Å². The van der Waals surface area contributed by atoms with Crippen molar-refractivity contribution in [3.05, 3.63) is 80.8 Å². The van der Waals surface area contributed by atoms with Crippen LogP contribution >= 0.6 is 11.3 Å². The largest absolute Gasteiger partial charge is 0.380 e. The highest BCUT2D eigenvalue weighted by Crippen LogP contribution is 2.47. The molecule has 3 unspecified atom stereocenters. The summed E-state index contributed by atoms with van der Waals surface area (Å²) in [7, 11) is 0. The summed E-state index contributed by atoms with van der Waals surface area (Å²) < 4.78 is 0. The first kappa shape index (κ1) is 26.6. The first-order valence-corrected chi connectivity index (χ1v) is 15.1. The van der Waals surface area contributed by atoms with Crippen LogP contribution in [0.4, 0.5) is 5.69 Å². The van der Waals surface area contributed by atoms with E-state index in [0.717, 1.165) is 40.1 Å². The van der Waals surface area contributed by atoms with Crippen LogP contribution in [0.25, 0.3) is 0 Å². The number of anilines is 1. The Bertz CT molecular complexity index is 1470. The average molecular weight is 553 g/mol. The topological polar surface area (TPSA) is 88.3 Å². The van der Waals surface area contributed by atoms with Crippen LogP contribution in [0.5, 0.6) is 0 Å². The van der Waals surface area contributed by atoms with Crippen LogP contribution < -0.4 is 11.1 Å². The molecule has 3 N–H and O–H groups in total. The van der Waals surface area contributed by atoms with Crippen molar-refractivity contribution >= 4 is 28.8 Å². The van der Waals surface area contributed by atoms with Gasteiger partial charge < -0.3 is 16.0 Å². The van der Waals surface area contributed by atoms with Gasteiger partial charge in [0.05, 0.1) is 6.04 Å². The molecular formula is C33H36N4O2S. The Labute approximate surface area is 240 Å². The van der Waals surface area contributed by atoms with Crippen molar-refractivity contribution in [1.82, 2.24) is 9.88 Å². The maximum Gasteiger partial charge on any atom is 0.274 e. The maximum absolute atomic E-state index is 13.7. The van der Waals surface area contributed by atoms with Crippen LogP contribution in [0.15, 0.2) is 47.8 Å². The highest BCUT2D eigenvalue weighted by atomic mass is 32.1. The third kappa shape index (κ3) is 5.13. The first-order valence-electron chi connectivity index (χ1n) is 14.3. The molecular weight excluding hydrogens is 516 g/mol. The minimum Gasteiger partial charge on any atom is -0.380 e. The van der Waals surface area contributed by atoms with E-state index in [1.807, 2.05) is 17.0 Å². The second-order valence-corrected chi connectivity index (χ2v) is 13.2. The van der Waals surface area contributed by atoms with Crippen LogP contribution in [-0.4, -0.2) is 33.8 Å². The lowest BCUT2D eigenvalue weighted by atomic mass is 9.62. The van der Waals surface area contributed by atoms with Crippen molar-refractivity contribution in [2.24, 2.45) is 23.5 Å². The minimum atomic E-state index is -0.452. The van der Waals surface area contributed by atoms with E-state index >= 15 is 0 Å². The number of hydrogen-bond acceptors (Lipinski definition) is 5. The fourth-order valence-corrected chi connectivity index (χ4v) is 8.33. The molecule has 2 heterocycles. The molecule has 2 bridgehead atoms. The predicted octanol–water partition coefficient (Wildman–Crippen LogP) is 6.03. The van der Waals surface area contributed by atoms with Gasteiger partial charge in [-0.3, -0.25) is 9.59 Å². The number of benzene rings is 2. The molecule has 3 aliphatic rings. The van der Waals surface area contributed by atoms with Crippen molar-refractivity contribution in [2.75, 3.05) is 11.9 Å². The number of thiazole rings is 1. The van der Waals surface area contributed by atoms with Crippen molar-refractivity contribution in [3.8, 4) is 12.3 Å². The number of fused-ring (bicyclic) bond motifs is 3. The summed E-state index contributed by atoms with van der Waals surface area (Å²) in [5.41, 5.74) is 10.7. The monoisotopic (exact) mass is 552 g/mol. The summed E-state index contributed by atoms with van der Waals surface area (Å²) in [6.07, 6.45) is 12.6. The minimum absolute atomic E-state index is 0.0964. The van der Waals surface area contributed by atoms with Gasteiger partial charge in [0.2, 0.25) is 5.91 Å². The van der Waals surface area contributed by atoms with E-state index in [-0.39, 0.29) is 17.5 Å². The molecule has 2 fully saturated rings. The molecule has 0 spiro atoms. The fraction of sp³-hybridized carbons (Fsp3) is 0.424. The quantitative estimate of drug-likeness (QED) is 0.379. The normalized spacial score (nSPS) is 27.4. The molecule has 3 atom stereocenters. The zero-order valence-corrected chi connectivity index (χ0v) is 24.0. The molecule has 0 saturated heterocycles. The van der Waals surface area contributed by atoms with Gasteiger partial charge in [0, 0.05) is 28.7 Å².